The van der Waals surface area contributed by atoms with Gasteiger partial charge in [-0.3, -0.25) is 9.59 Å². The van der Waals surface area contributed by atoms with Gasteiger partial charge in [-0.1, -0.05) is 0 Å². The monoisotopic (exact) mass is 200 g/mol. The summed E-state index contributed by atoms with van der Waals surface area (Å²) in [7, 11) is 0. The molecule has 0 amide bonds. The van der Waals surface area contributed by atoms with Crippen LogP contribution < -0.4 is 0 Å². The first-order valence-corrected chi connectivity index (χ1v) is 2.51. The number of carbonyl (C=O) groups is 2. The fraction of sp³-hybridized carbons (Fsp3) is 0.500. The standard InChI is InChI=1S/C4H5ClO4.2Na.2H/c5-9-4(8)2-1-3(6)7;;;;/h1-2H2,(H,6,7);;;;. The van der Waals surface area contributed by atoms with Crippen molar-refractivity contribution < 1.29 is 19.0 Å². The molecule has 0 aliphatic heterocycles. The van der Waals surface area contributed by atoms with E-state index in [0.29, 0.717) is 0 Å². The van der Waals surface area contributed by atoms with Crippen LogP contribution in [0, 0.1) is 0 Å². The van der Waals surface area contributed by atoms with Crippen LogP contribution in [0.25, 0.3) is 0 Å². The van der Waals surface area contributed by atoms with Crippen LogP contribution in [0.15, 0.2) is 0 Å². The van der Waals surface area contributed by atoms with Gasteiger partial charge in [0.2, 0.25) is 0 Å². The molecule has 0 radical (unpaired) electrons. The van der Waals surface area contributed by atoms with Crippen LogP contribution in [0.5, 0.6) is 0 Å². The molecular formula is C4H7ClNa2O4. The van der Waals surface area contributed by atoms with E-state index in [1.807, 2.05) is 0 Å². The Morgan fingerprint density at radius 2 is 1.73 bits per heavy atom. The number of aliphatic carboxylic acids is 1. The summed E-state index contributed by atoms with van der Waals surface area (Å²) < 4.78 is 3.67. The summed E-state index contributed by atoms with van der Waals surface area (Å²) in [5.41, 5.74) is 0. The summed E-state index contributed by atoms with van der Waals surface area (Å²) in [6.07, 6.45) is -0.426. The van der Waals surface area contributed by atoms with E-state index in [4.69, 9.17) is 5.11 Å². The molecule has 0 rings (SSSR count). The van der Waals surface area contributed by atoms with Crippen LogP contribution in [0.3, 0.4) is 0 Å². The number of carboxylic acids is 1. The minimum atomic E-state index is -1.04. The molecule has 1 N–H and O–H groups in total. The van der Waals surface area contributed by atoms with E-state index in [1.54, 1.807) is 0 Å². The van der Waals surface area contributed by atoms with Gasteiger partial charge in [-0.25, -0.2) is 0 Å². The van der Waals surface area contributed by atoms with Gasteiger partial charge >= 0.3 is 71.1 Å². The second-order valence-corrected chi connectivity index (χ2v) is 1.50. The van der Waals surface area contributed by atoms with Crippen LogP contribution in [0.2, 0.25) is 0 Å². The van der Waals surface area contributed by atoms with Crippen molar-refractivity contribution in [2.75, 3.05) is 0 Å². The molecule has 11 heavy (non-hydrogen) atoms. The van der Waals surface area contributed by atoms with Crippen LogP contribution in [-0.2, 0) is 13.9 Å². The summed E-state index contributed by atoms with van der Waals surface area (Å²) in [6, 6.07) is 0. The van der Waals surface area contributed by atoms with E-state index in [1.165, 1.54) is 0 Å². The molecule has 0 atom stereocenters. The van der Waals surface area contributed by atoms with E-state index in [-0.39, 0.29) is 72.0 Å². The van der Waals surface area contributed by atoms with Crippen LogP contribution in [0.1, 0.15) is 12.8 Å². The quantitative estimate of drug-likeness (QED) is 0.609. The van der Waals surface area contributed by atoms with Gasteiger partial charge in [0, 0.05) is 0 Å². The average Bonchev–Trinajstić information content (AvgIpc) is 1.83. The molecule has 0 aromatic rings. The first-order valence-electron chi connectivity index (χ1n) is 2.20. The van der Waals surface area contributed by atoms with Crippen molar-refractivity contribution in [3.63, 3.8) is 0 Å². The average molecular weight is 201 g/mol. The molecule has 0 aliphatic rings. The van der Waals surface area contributed by atoms with E-state index < -0.39 is 11.9 Å². The molecule has 4 nitrogen and oxygen atoms in total. The van der Waals surface area contributed by atoms with Crippen molar-refractivity contribution in [3.05, 3.63) is 0 Å². The van der Waals surface area contributed by atoms with Gasteiger partial charge in [0.05, 0.1) is 12.8 Å². The summed E-state index contributed by atoms with van der Waals surface area (Å²) in [5.74, 6) is -1.77. The number of halogens is 1. The molecule has 0 bridgehead atoms. The number of carbonyl (C=O) groups excluding carboxylic acids is 1. The molecule has 0 saturated heterocycles. The van der Waals surface area contributed by atoms with Crippen LogP contribution in [0.4, 0.5) is 0 Å². The predicted octanol–water partition coefficient (Wildman–Crippen LogP) is -0.749. The Balaban J connectivity index is -0.000000320. The Bertz CT molecular complexity index is 129. The minimum absolute atomic E-state index is 0. The third-order valence-electron chi connectivity index (χ3n) is 0.629. The van der Waals surface area contributed by atoms with Crippen molar-refractivity contribution >= 4 is 82.9 Å². The number of rotatable bonds is 3. The SMILES string of the molecule is O=C(O)CCC(=O)OCl.[NaH].[NaH]. The molecule has 0 aromatic heterocycles. The zero-order chi connectivity index (χ0) is 7.28. The molecule has 0 saturated carbocycles. The maximum atomic E-state index is 10.1. The van der Waals surface area contributed by atoms with Gasteiger partial charge in [0.1, 0.15) is 11.9 Å². The Morgan fingerprint density at radius 1 is 1.27 bits per heavy atom. The van der Waals surface area contributed by atoms with Gasteiger partial charge in [-0.05, 0) is 0 Å². The van der Waals surface area contributed by atoms with Gasteiger partial charge in [0.25, 0.3) is 0 Å². The fourth-order valence-electron chi connectivity index (χ4n) is 0.248. The Kier molecular flexibility index (Phi) is 18.5. The van der Waals surface area contributed by atoms with Crippen molar-refractivity contribution in [1.82, 2.24) is 0 Å². The van der Waals surface area contributed by atoms with Gasteiger partial charge < -0.3 is 9.40 Å². The van der Waals surface area contributed by atoms with E-state index >= 15 is 0 Å². The molecule has 7 heteroatoms. The van der Waals surface area contributed by atoms with Crippen molar-refractivity contribution in [3.8, 4) is 0 Å². The van der Waals surface area contributed by atoms with Gasteiger partial charge in [-0.2, -0.15) is 0 Å². The summed E-state index contributed by atoms with van der Waals surface area (Å²) in [6.45, 7) is 0. The fourth-order valence-corrected chi connectivity index (χ4v) is 0.325. The second kappa shape index (κ2) is 11.2. The first kappa shape index (κ1) is 18.1. The second-order valence-electron chi connectivity index (χ2n) is 1.34. The first-order chi connectivity index (χ1) is 4.16. The number of hydrogen-bond acceptors (Lipinski definition) is 3. The zero-order valence-corrected chi connectivity index (χ0v) is 5.22. The topological polar surface area (TPSA) is 63.6 Å². The van der Waals surface area contributed by atoms with Gasteiger partial charge in [0.15, 0.2) is 0 Å². The van der Waals surface area contributed by atoms with Crippen LogP contribution >= 0.6 is 11.9 Å². The number of carboxylic acid groups (broad SMARTS) is 1. The molecule has 0 fully saturated rings. The third-order valence-corrected chi connectivity index (χ3v) is 0.801. The molecule has 0 aliphatic carbocycles. The molecule has 0 spiro atoms. The Morgan fingerprint density at radius 3 is 2.00 bits per heavy atom. The maximum absolute atomic E-state index is 10.1. The summed E-state index contributed by atoms with van der Waals surface area (Å²) in [4.78, 5) is 19.9. The Hall–Kier alpha value is 1.23. The third kappa shape index (κ3) is 14.1. The molecule has 0 aromatic carbocycles. The van der Waals surface area contributed by atoms with Gasteiger partial charge in [-0.15, -0.1) is 0 Å². The molecule has 0 heterocycles. The zero-order valence-electron chi connectivity index (χ0n) is 4.46. The molecule has 0 unspecified atom stereocenters. The molecular weight excluding hydrogens is 193 g/mol. The van der Waals surface area contributed by atoms with Crippen molar-refractivity contribution in [2.24, 2.45) is 0 Å². The summed E-state index contributed by atoms with van der Waals surface area (Å²) in [5, 5.41) is 8.01. The number of hydrogen-bond donors (Lipinski definition) is 1. The van der Waals surface area contributed by atoms with E-state index in [2.05, 4.69) is 16.2 Å². The van der Waals surface area contributed by atoms with Crippen molar-refractivity contribution in [2.45, 2.75) is 12.8 Å². The van der Waals surface area contributed by atoms with Crippen molar-refractivity contribution in [1.29, 1.82) is 0 Å². The molecule has 56 valence electrons. The van der Waals surface area contributed by atoms with Crippen LogP contribution in [-0.4, -0.2) is 76.2 Å². The predicted molar refractivity (Wildman–Crippen MR) is 43.1 cm³/mol. The normalized spacial score (nSPS) is 7.00. The van der Waals surface area contributed by atoms with E-state index in [0.717, 1.165) is 0 Å². The van der Waals surface area contributed by atoms with E-state index in [9.17, 15) is 9.59 Å². The summed E-state index contributed by atoms with van der Waals surface area (Å²) >= 11 is 4.59. The Labute approximate surface area is 113 Å².